The van der Waals surface area contributed by atoms with E-state index in [1.165, 1.54) is 0 Å². The summed E-state index contributed by atoms with van der Waals surface area (Å²) in [5, 5.41) is 9.78. The number of aliphatic hydroxyl groups excluding tert-OH is 1. The zero-order valence-electron chi connectivity index (χ0n) is 8.08. The van der Waals surface area contributed by atoms with Crippen LogP contribution in [-0.2, 0) is 4.74 Å². The van der Waals surface area contributed by atoms with Crippen molar-refractivity contribution >= 4 is 0 Å². The van der Waals surface area contributed by atoms with Crippen molar-refractivity contribution in [2.75, 3.05) is 0 Å². The molecule has 70 valence electrons. The van der Waals surface area contributed by atoms with Gasteiger partial charge in [-0.3, -0.25) is 0 Å². The van der Waals surface area contributed by atoms with Gasteiger partial charge in [0.2, 0.25) is 0 Å². The van der Waals surface area contributed by atoms with Crippen molar-refractivity contribution in [3.05, 3.63) is 12.3 Å². The molecule has 2 nitrogen and oxygen atoms in total. The Balaban J connectivity index is 2.70. The van der Waals surface area contributed by atoms with E-state index in [4.69, 9.17) is 4.74 Å². The summed E-state index contributed by atoms with van der Waals surface area (Å²) in [5.41, 5.74) is 0. The number of hydrogen-bond donors (Lipinski definition) is 1. The second-order valence-electron chi connectivity index (χ2n) is 3.67. The average molecular weight is 170 g/mol. The first kappa shape index (κ1) is 9.59. The molecule has 0 unspecified atom stereocenters. The van der Waals surface area contributed by atoms with Crippen molar-refractivity contribution < 1.29 is 9.84 Å². The normalized spacial score (nSPS) is 42.5. The van der Waals surface area contributed by atoms with E-state index in [0.717, 1.165) is 12.2 Å². The van der Waals surface area contributed by atoms with Crippen molar-refractivity contribution in [1.82, 2.24) is 0 Å². The second-order valence-corrected chi connectivity index (χ2v) is 3.67. The van der Waals surface area contributed by atoms with Crippen molar-refractivity contribution in [2.45, 2.75) is 39.4 Å². The minimum absolute atomic E-state index is 0.0720. The monoisotopic (exact) mass is 170 g/mol. The van der Waals surface area contributed by atoms with Gasteiger partial charge < -0.3 is 9.84 Å². The van der Waals surface area contributed by atoms with Crippen molar-refractivity contribution in [2.24, 2.45) is 11.8 Å². The van der Waals surface area contributed by atoms with Crippen LogP contribution in [0.5, 0.6) is 0 Å². The van der Waals surface area contributed by atoms with Gasteiger partial charge in [0.15, 0.2) is 0 Å². The summed E-state index contributed by atoms with van der Waals surface area (Å²) < 4.78 is 5.58. The molecular formula is C10H18O2. The molecule has 1 heterocycles. The van der Waals surface area contributed by atoms with Gasteiger partial charge in [0, 0.05) is 11.8 Å². The molecule has 0 saturated carbocycles. The molecule has 2 heteroatoms. The minimum Gasteiger partial charge on any atom is -0.495 e. The molecule has 0 amide bonds. The van der Waals surface area contributed by atoms with Gasteiger partial charge in [0.05, 0.1) is 11.9 Å². The van der Waals surface area contributed by atoms with E-state index in [1.54, 1.807) is 0 Å². The van der Waals surface area contributed by atoms with Crippen molar-refractivity contribution in [3.8, 4) is 0 Å². The van der Waals surface area contributed by atoms with Crippen molar-refractivity contribution in [3.63, 3.8) is 0 Å². The lowest BCUT2D eigenvalue weighted by Gasteiger charge is -2.38. The molecule has 1 rings (SSSR count). The standard InChI is InChI=1S/C10H18O2/c1-5-9-7(3)10(11)6(2)8(4)12-9/h6-7,9-11H,4-5H2,1-3H3/t6-,7-,9+,10+/m0/s1. The van der Waals surface area contributed by atoms with Crippen LogP contribution in [0.25, 0.3) is 0 Å². The fourth-order valence-electron chi connectivity index (χ4n) is 1.73. The van der Waals surface area contributed by atoms with E-state index in [-0.39, 0.29) is 24.0 Å². The lowest BCUT2D eigenvalue weighted by atomic mass is 9.84. The van der Waals surface area contributed by atoms with Gasteiger partial charge in [-0.25, -0.2) is 0 Å². The summed E-state index contributed by atoms with van der Waals surface area (Å²) >= 11 is 0. The van der Waals surface area contributed by atoms with Crippen LogP contribution in [0.4, 0.5) is 0 Å². The minimum atomic E-state index is -0.295. The highest BCUT2D eigenvalue weighted by Gasteiger charge is 2.35. The van der Waals surface area contributed by atoms with Crippen LogP contribution in [0.1, 0.15) is 27.2 Å². The molecule has 4 atom stereocenters. The molecule has 1 aliphatic heterocycles. The Morgan fingerprint density at radius 3 is 2.58 bits per heavy atom. The first-order chi connectivity index (χ1) is 5.57. The van der Waals surface area contributed by atoms with Crippen LogP contribution < -0.4 is 0 Å². The molecule has 0 radical (unpaired) electrons. The summed E-state index contributed by atoms with van der Waals surface area (Å²) in [5.74, 6) is 1.02. The smallest absolute Gasteiger partial charge is 0.103 e. The Labute approximate surface area is 74.2 Å². The number of rotatable bonds is 1. The second kappa shape index (κ2) is 3.48. The topological polar surface area (TPSA) is 29.5 Å². The van der Waals surface area contributed by atoms with Crippen LogP contribution in [-0.4, -0.2) is 17.3 Å². The molecule has 12 heavy (non-hydrogen) atoms. The Bertz CT molecular complexity index is 175. The van der Waals surface area contributed by atoms with Gasteiger partial charge in [-0.05, 0) is 6.42 Å². The number of aliphatic hydroxyl groups is 1. The number of hydrogen-bond acceptors (Lipinski definition) is 2. The Kier molecular flexibility index (Phi) is 2.78. The lowest BCUT2D eigenvalue weighted by molar-refractivity contribution is -0.0762. The third-order valence-corrected chi connectivity index (χ3v) is 2.85. The first-order valence-corrected chi connectivity index (χ1v) is 4.61. The molecule has 1 aliphatic rings. The summed E-state index contributed by atoms with van der Waals surface area (Å²) in [6.45, 7) is 9.85. The maximum atomic E-state index is 9.78. The molecule has 0 aromatic heterocycles. The van der Waals surface area contributed by atoms with Gasteiger partial charge in [0.1, 0.15) is 6.10 Å². The predicted octanol–water partition coefficient (Wildman–Crippen LogP) is 1.94. The Morgan fingerprint density at radius 2 is 2.08 bits per heavy atom. The van der Waals surface area contributed by atoms with Crippen LogP contribution in [0.15, 0.2) is 12.3 Å². The van der Waals surface area contributed by atoms with E-state index in [9.17, 15) is 5.11 Å². The van der Waals surface area contributed by atoms with E-state index in [0.29, 0.717) is 0 Å². The van der Waals surface area contributed by atoms with E-state index < -0.39 is 0 Å². The third kappa shape index (κ3) is 1.48. The molecule has 0 spiro atoms. The van der Waals surface area contributed by atoms with Crippen LogP contribution >= 0.6 is 0 Å². The highest BCUT2D eigenvalue weighted by Crippen LogP contribution is 2.32. The van der Waals surface area contributed by atoms with Gasteiger partial charge in [-0.15, -0.1) is 0 Å². The molecule has 1 fully saturated rings. The molecule has 0 aliphatic carbocycles. The third-order valence-electron chi connectivity index (χ3n) is 2.85. The maximum Gasteiger partial charge on any atom is 0.103 e. The molecule has 0 aromatic carbocycles. The highest BCUT2D eigenvalue weighted by molar-refractivity contribution is 5.00. The maximum absolute atomic E-state index is 9.78. The largest absolute Gasteiger partial charge is 0.495 e. The quantitative estimate of drug-likeness (QED) is 0.651. The van der Waals surface area contributed by atoms with E-state index >= 15 is 0 Å². The lowest BCUT2D eigenvalue weighted by Crippen LogP contribution is -2.41. The molecular weight excluding hydrogens is 152 g/mol. The van der Waals surface area contributed by atoms with Gasteiger partial charge in [-0.2, -0.15) is 0 Å². The predicted molar refractivity (Wildman–Crippen MR) is 48.6 cm³/mol. The van der Waals surface area contributed by atoms with Crippen LogP contribution in [0.2, 0.25) is 0 Å². The van der Waals surface area contributed by atoms with Crippen molar-refractivity contribution in [1.29, 1.82) is 0 Å². The fraction of sp³-hybridized carbons (Fsp3) is 0.800. The molecule has 0 bridgehead atoms. The zero-order chi connectivity index (χ0) is 9.30. The summed E-state index contributed by atoms with van der Waals surface area (Å²) in [6.07, 6.45) is 0.782. The highest BCUT2D eigenvalue weighted by atomic mass is 16.5. The molecule has 0 aromatic rings. The Morgan fingerprint density at radius 1 is 1.50 bits per heavy atom. The van der Waals surface area contributed by atoms with Crippen LogP contribution in [0, 0.1) is 11.8 Å². The molecule has 1 saturated heterocycles. The number of ether oxygens (including phenoxy) is 1. The zero-order valence-corrected chi connectivity index (χ0v) is 8.08. The first-order valence-electron chi connectivity index (χ1n) is 4.61. The summed E-state index contributed by atoms with van der Waals surface area (Å²) in [6, 6.07) is 0. The van der Waals surface area contributed by atoms with E-state index in [2.05, 4.69) is 13.5 Å². The Hall–Kier alpha value is -0.500. The summed E-state index contributed by atoms with van der Waals surface area (Å²) in [7, 11) is 0. The van der Waals surface area contributed by atoms with E-state index in [1.807, 2.05) is 13.8 Å². The molecule has 1 N–H and O–H groups in total. The average Bonchev–Trinajstić information content (AvgIpc) is 2.08. The van der Waals surface area contributed by atoms with Gasteiger partial charge in [0.25, 0.3) is 0 Å². The van der Waals surface area contributed by atoms with Crippen LogP contribution in [0.3, 0.4) is 0 Å². The summed E-state index contributed by atoms with van der Waals surface area (Å²) in [4.78, 5) is 0. The fourth-order valence-corrected chi connectivity index (χ4v) is 1.73. The van der Waals surface area contributed by atoms with Gasteiger partial charge >= 0.3 is 0 Å². The van der Waals surface area contributed by atoms with Gasteiger partial charge in [-0.1, -0.05) is 27.4 Å². The SMILES string of the molecule is C=C1O[C@H](CC)[C@H](C)[C@H](O)[C@H]1C.